The largest absolute Gasteiger partial charge is 0.488 e. The second-order valence-corrected chi connectivity index (χ2v) is 22.9. The Balaban J connectivity index is 0.000000205. The number of aromatic nitrogens is 2. The molecule has 4 aliphatic carbocycles. The number of rotatable bonds is 5. The predicted molar refractivity (Wildman–Crippen MR) is 276 cm³/mol. The van der Waals surface area contributed by atoms with Gasteiger partial charge in [-0.05, 0) is 155 Å². The number of benzene rings is 3. The van der Waals surface area contributed by atoms with E-state index < -0.39 is 47.5 Å². The topological polar surface area (TPSA) is 199 Å². The average Bonchev–Trinajstić information content (AvgIpc) is 3.87. The normalized spacial score (nSPS) is 22.3. The van der Waals surface area contributed by atoms with Crippen molar-refractivity contribution in [2.75, 3.05) is 19.5 Å². The van der Waals surface area contributed by atoms with E-state index in [0.717, 1.165) is 48.0 Å². The van der Waals surface area contributed by atoms with Crippen LogP contribution < -0.4 is 22.3 Å². The molecule has 15 nitrogen and oxygen atoms in total. The van der Waals surface area contributed by atoms with Gasteiger partial charge in [-0.25, -0.2) is 43.3 Å². The van der Waals surface area contributed by atoms with Crippen LogP contribution in [-0.4, -0.2) is 85.1 Å². The smallest absolute Gasteiger partial charge is 0.443 e. The summed E-state index contributed by atoms with van der Waals surface area (Å²) >= 11 is 5.50. The molecule has 0 spiro atoms. The minimum absolute atomic E-state index is 0.0134. The van der Waals surface area contributed by atoms with E-state index in [2.05, 4.69) is 40.0 Å². The van der Waals surface area contributed by atoms with Gasteiger partial charge < -0.3 is 19.5 Å². The number of nitrogens with one attached hydrogen (secondary N) is 1. The SMILES string of the molecule is CC1(C)[C@@H]2CC[C@@]1(C)C(=O)C2C(=O)Cl.CN(N)C(=O)OC(C)(C)C.CN(Nc1cccc(F)c1)C(=O)OC(C)(C)C.Cn1c2c(c(=O)n1-c1cccc(F)c1)[C@H]1CC[C@]2(C)C1(C)C.OB(O)c1cccc(F)c1. The number of nitrogens with two attached hydrogens (primary N) is 1. The maximum absolute atomic E-state index is 13.6. The van der Waals surface area contributed by atoms with E-state index in [9.17, 15) is 37.1 Å². The van der Waals surface area contributed by atoms with Crippen LogP contribution in [0.3, 0.4) is 0 Å². The Morgan fingerprint density at radius 1 is 0.767 bits per heavy atom. The number of hydrogen-bond acceptors (Lipinski definition) is 11. The average molecular weight is 1040 g/mol. The molecular weight excluding hydrogens is 968 g/mol. The summed E-state index contributed by atoms with van der Waals surface area (Å²) < 4.78 is 52.3. The number of hydrazine groups is 2. The van der Waals surface area contributed by atoms with Gasteiger partial charge in [-0.2, -0.15) is 0 Å². The minimum atomic E-state index is -1.59. The third-order valence-electron chi connectivity index (χ3n) is 14.8. The van der Waals surface area contributed by atoms with Crippen LogP contribution >= 0.6 is 11.6 Å². The zero-order valence-electron chi connectivity index (χ0n) is 44.7. The molecule has 5 atom stereocenters. The molecule has 3 saturated carbocycles. The summed E-state index contributed by atoms with van der Waals surface area (Å²) in [6, 6.07) is 17.3. The van der Waals surface area contributed by atoms with Gasteiger partial charge in [0.2, 0.25) is 5.24 Å². The first-order valence-corrected chi connectivity index (χ1v) is 24.4. The molecule has 1 heterocycles. The third kappa shape index (κ3) is 13.2. The Morgan fingerprint density at radius 3 is 1.68 bits per heavy atom. The van der Waals surface area contributed by atoms with Crippen molar-refractivity contribution in [3.05, 3.63) is 112 Å². The quantitative estimate of drug-likeness (QED) is 0.0371. The molecular formula is C53H73BClF3N6O9. The molecule has 3 aromatic carbocycles. The van der Waals surface area contributed by atoms with Gasteiger partial charge in [0.1, 0.15) is 28.7 Å². The summed E-state index contributed by atoms with van der Waals surface area (Å²) in [5.74, 6) is 3.94. The number of hydrogen-bond donors (Lipinski definition) is 4. The second kappa shape index (κ2) is 22.5. The van der Waals surface area contributed by atoms with Crippen molar-refractivity contribution in [1.29, 1.82) is 0 Å². The van der Waals surface area contributed by atoms with Crippen molar-refractivity contribution < 1.29 is 51.9 Å². The number of fused-ring (bicyclic) bond motifs is 7. The lowest BCUT2D eigenvalue weighted by molar-refractivity contribution is -0.135. The molecule has 4 bridgehead atoms. The predicted octanol–water partition coefficient (Wildman–Crippen LogP) is 9.14. The van der Waals surface area contributed by atoms with Gasteiger partial charge in [-0.3, -0.25) is 24.5 Å². The zero-order chi connectivity index (χ0) is 55.6. The van der Waals surface area contributed by atoms with E-state index in [1.807, 2.05) is 18.7 Å². The maximum atomic E-state index is 13.6. The van der Waals surface area contributed by atoms with E-state index >= 15 is 0 Å². The van der Waals surface area contributed by atoms with Gasteiger partial charge in [0.05, 0.1) is 23.0 Å². The van der Waals surface area contributed by atoms with Gasteiger partial charge in [0.25, 0.3) is 5.56 Å². The lowest BCUT2D eigenvalue weighted by Gasteiger charge is -2.36. The summed E-state index contributed by atoms with van der Waals surface area (Å²) in [5.41, 5.74) is 4.78. The lowest BCUT2D eigenvalue weighted by Crippen LogP contribution is -2.38. The van der Waals surface area contributed by atoms with E-state index in [4.69, 9.17) is 37.0 Å². The van der Waals surface area contributed by atoms with Crippen LogP contribution in [0.25, 0.3) is 5.69 Å². The van der Waals surface area contributed by atoms with Gasteiger partial charge >= 0.3 is 19.3 Å². The molecule has 4 aromatic rings. The van der Waals surface area contributed by atoms with E-state index in [-0.39, 0.29) is 56.0 Å². The fourth-order valence-electron chi connectivity index (χ4n) is 10.4. The minimum Gasteiger partial charge on any atom is -0.443 e. The van der Waals surface area contributed by atoms with Gasteiger partial charge in [0.15, 0.2) is 5.78 Å². The Kier molecular flexibility index (Phi) is 18.4. The molecule has 1 unspecified atom stereocenters. The van der Waals surface area contributed by atoms with Crippen LogP contribution in [0.4, 0.5) is 28.4 Å². The molecule has 0 radical (unpaired) electrons. The van der Waals surface area contributed by atoms with Crippen molar-refractivity contribution in [3.8, 4) is 5.69 Å². The molecule has 400 valence electrons. The Hall–Kier alpha value is -5.63. The Bertz CT molecular complexity index is 2720. The standard InChI is InChI=1S/C18H21FN2O.C12H17FN2O2.C11H15ClO2.C6H6BFO2.C6H14N2O2/c1-17(2)13-8-9-18(17,3)15-14(13)16(22)21(20(15)4)12-7-5-6-11(19)10-12;1-12(2,3)17-11(16)15(4)14-10-7-5-6-9(13)8-10;1-10(2)6-4-5-11(10,3)8(13)7(6)9(12)14;8-6-3-1-2-5(4-6)7(9)10;1-6(2,3)10-5(9)8(4)7/h5-7,10,13H,8-9H2,1-4H3;5-8,14H,1-4H3;6-7H,4-5H2,1-3H3;1-4,9-10H;7H2,1-4H3/t13-,18+;;6-,7?,11+;;/m1.1../s1. The number of amides is 2. The maximum Gasteiger partial charge on any atom is 0.488 e. The molecule has 5 N–H and O–H groups in total. The molecule has 0 saturated heterocycles. The van der Waals surface area contributed by atoms with Gasteiger partial charge in [-0.15, -0.1) is 0 Å². The number of ether oxygens (including phenoxy) is 2. The molecule has 8 rings (SSSR count). The summed E-state index contributed by atoms with van der Waals surface area (Å²) in [4.78, 5) is 58.6. The van der Waals surface area contributed by atoms with Crippen molar-refractivity contribution in [2.45, 2.75) is 131 Å². The number of nitrogens with zero attached hydrogens (tertiary/aromatic N) is 4. The van der Waals surface area contributed by atoms with Crippen LogP contribution in [0.5, 0.6) is 0 Å². The molecule has 2 amide bonds. The molecule has 1 aromatic heterocycles. The first kappa shape index (κ1) is 59.9. The zero-order valence-corrected chi connectivity index (χ0v) is 45.5. The van der Waals surface area contributed by atoms with Crippen molar-refractivity contribution in [1.82, 2.24) is 19.4 Å². The molecule has 3 fully saturated rings. The fourth-order valence-corrected chi connectivity index (χ4v) is 10.6. The van der Waals surface area contributed by atoms with E-state index in [1.165, 1.54) is 61.6 Å². The van der Waals surface area contributed by atoms with E-state index in [0.29, 0.717) is 17.3 Å². The first-order valence-electron chi connectivity index (χ1n) is 24.1. The number of Topliss-reactive ketones (excluding diaryl/α,β-unsaturated/α-hetero) is 1. The fraction of sp³-hybridized carbons (Fsp3) is 0.528. The van der Waals surface area contributed by atoms with Crippen LogP contribution in [0.1, 0.15) is 126 Å². The highest BCUT2D eigenvalue weighted by atomic mass is 35.5. The van der Waals surface area contributed by atoms with Crippen molar-refractivity contribution >= 4 is 53.1 Å². The Morgan fingerprint density at radius 2 is 1.27 bits per heavy atom. The number of halogens is 4. The highest BCUT2D eigenvalue weighted by Gasteiger charge is 2.67. The first-order chi connectivity index (χ1) is 33.4. The highest BCUT2D eigenvalue weighted by Crippen LogP contribution is 2.67. The van der Waals surface area contributed by atoms with Gasteiger partial charge in [0, 0.05) is 37.5 Å². The summed E-state index contributed by atoms with van der Waals surface area (Å²) in [7, 11) is 3.29. The molecule has 73 heavy (non-hydrogen) atoms. The number of carbonyl (C=O) groups is 4. The monoisotopic (exact) mass is 1040 g/mol. The molecule has 4 aliphatic rings. The van der Waals surface area contributed by atoms with Crippen LogP contribution in [0.2, 0.25) is 0 Å². The number of anilines is 1. The summed E-state index contributed by atoms with van der Waals surface area (Å²) in [6.45, 7) is 23.7. The van der Waals surface area contributed by atoms with Crippen LogP contribution in [0, 0.1) is 45.5 Å². The number of carbonyl (C=O) groups excluding carboxylic acids is 4. The Labute approximate surface area is 432 Å². The third-order valence-corrected chi connectivity index (χ3v) is 15.1. The highest BCUT2D eigenvalue weighted by molar-refractivity contribution is 6.65. The lowest BCUT2D eigenvalue weighted by atomic mass is 9.70. The van der Waals surface area contributed by atoms with Gasteiger partial charge in [-0.1, -0.05) is 65.8 Å². The van der Waals surface area contributed by atoms with Crippen molar-refractivity contribution in [3.63, 3.8) is 0 Å². The van der Waals surface area contributed by atoms with E-state index in [1.54, 1.807) is 70.5 Å². The summed E-state index contributed by atoms with van der Waals surface area (Å²) in [5, 5.41) is 18.7. The molecule has 0 aliphatic heterocycles. The second-order valence-electron chi connectivity index (χ2n) is 22.6. The van der Waals surface area contributed by atoms with Crippen LogP contribution in [-0.2, 0) is 31.5 Å². The summed E-state index contributed by atoms with van der Waals surface area (Å²) in [6.07, 6.45) is 2.99. The van der Waals surface area contributed by atoms with Crippen molar-refractivity contribution in [2.24, 2.45) is 41.0 Å². The van der Waals surface area contributed by atoms with Crippen LogP contribution in [0.15, 0.2) is 77.6 Å². The number of ketones is 1. The molecule has 20 heteroatoms.